The van der Waals surface area contributed by atoms with E-state index in [0.29, 0.717) is 5.25 Å². The van der Waals surface area contributed by atoms with E-state index in [1.165, 1.54) is 11.1 Å². The van der Waals surface area contributed by atoms with Crippen LogP contribution in [0.5, 0.6) is 0 Å². The Morgan fingerprint density at radius 1 is 1.27 bits per heavy atom. The second kappa shape index (κ2) is 7.49. The first-order chi connectivity index (χ1) is 9.75. The van der Waals surface area contributed by atoms with Gasteiger partial charge in [0.2, 0.25) is 0 Å². The third kappa shape index (κ3) is 3.00. The summed E-state index contributed by atoms with van der Waals surface area (Å²) >= 11 is 3.49. The van der Waals surface area contributed by atoms with E-state index in [2.05, 4.69) is 60.7 Å². The van der Waals surface area contributed by atoms with Crippen molar-refractivity contribution in [2.45, 2.75) is 25.5 Å². The Hall–Kier alpha value is 0.343. The van der Waals surface area contributed by atoms with Gasteiger partial charge in [0.05, 0.1) is 0 Å². The van der Waals surface area contributed by atoms with Crippen LogP contribution in [-0.2, 0) is 22.8 Å². The fourth-order valence-electron chi connectivity index (χ4n) is 3.04. The van der Waals surface area contributed by atoms with Gasteiger partial charge in [0.15, 0.2) is 0 Å². The molecule has 3 aliphatic rings. The van der Waals surface area contributed by atoms with Gasteiger partial charge in [-0.05, 0) is 0 Å². The maximum Gasteiger partial charge on any atom is -0.147 e. The number of hydrogen-bond acceptors (Lipinski definition) is 2. The SMILES string of the molecule is C[C](C)=[Zr][C]1=c2sccc2=C2C(C3=CC=CC3)=CSC21.Cl.Cl. The van der Waals surface area contributed by atoms with Gasteiger partial charge >= 0.3 is 139 Å². The third-order valence-electron chi connectivity index (χ3n) is 3.84. The van der Waals surface area contributed by atoms with E-state index < -0.39 is 22.8 Å². The molecule has 115 valence electrons. The van der Waals surface area contributed by atoms with E-state index in [4.69, 9.17) is 0 Å². The van der Waals surface area contributed by atoms with Gasteiger partial charge < -0.3 is 0 Å². The zero-order valence-corrected chi connectivity index (χ0v) is 18.1. The second-order valence-corrected chi connectivity index (χ2v) is 11.8. The molecule has 1 aliphatic heterocycles. The quantitative estimate of drug-likeness (QED) is 0.659. The van der Waals surface area contributed by atoms with Gasteiger partial charge in [0, 0.05) is 0 Å². The molecule has 0 saturated carbocycles. The summed E-state index contributed by atoms with van der Waals surface area (Å²) in [6.07, 6.45) is 7.87. The normalized spacial score (nSPS) is 20.5. The fraction of sp³-hybridized carbons (Fsp3) is 0.235. The van der Waals surface area contributed by atoms with E-state index >= 15 is 0 Å². The van der Waals surface area contributed by atoms with Crippen LogP contribution in [0.4, 0.5) is 0 Å². The minimum absolute atomic E-state index is 0. The molecule has 0 N–H and O–H groups in total. The van der Waals surface area contributed by atoms with Crippen LogP contribution < -0.4 is 9.75 Å². The van der Waals surface area contributed by atoms with Crippen LogP contribution in [0.3, 0.4) is 0 Å². The van der Waals surface area contributed by atoms with Crippen LogP contribution in [0, 0.1) is 0 Å². The molecule has 1 aromatic rings. The Labute approximate surface area is 163 Å². The molecule has 0 spiro atoms. The fourth-order valence-corrected chi connectivity index (χ4v) is 9.40. The minimum atomic E-state index is -0.523. The number of fused-ring (bicyclic) bond motifs is 2. The number of allylic oxidation sites excluding steroid dienone is 5. The number of thioether (sulfide) groups is 1. The third-order valence-corrected chi connectivity index (χ3v) is 10.1. The van der Waals surface area contributed by atoms with E-state index in [1.54, 1.807) is 21.8 Å². The van der Waals surface area contributed by atoms with E-state index in [0.717, 1.165) is 6.42 Å². The summed E-state index contributed by atoms with van der Waals surface area (Å²) < 4.78 is 5.10. The van der Waals surface area contributed by atoms with E-state index in [-0.39, 0.29) is 24.8 Å². The van der Waals surface area contributed by atoms with Crippen LogP contribution in [0.2, 0.25) is 0 Å². The van der Waals surface area contributed by atoms with Crippen LogP contribution in [-0.4, -0.2) is 8.46 Å². The van der Waals surface area contributed by atoms with Crippen LogP contribution in [0.15, 0.2) is 46.2 Å². The van der Waals surface area contributed by atoms with Crippen molar-refractivity contribution in [2.24, 2.45) is 0 Å². The molecule has 0 saturated heterocycles. The summed E-state index contributed by atoms with van der Waals surface area (Å²) in [6.45, 7) is 4.64. The molecule has 0 bridgehead atoms. The number of hydrogen-bond donors (Lipinski definition) is 0. The number of rotatable bonds is 2. The van der Waals surface area contributed by atoms with Gasteiger partial charge in [-0.3, -0.25) is 0 Å². The first kappa shape index (κ1) is 18.7. The van der Waals surface area contributed by atoms with Gasteiger partial charge in [-0.1, -0.05) is 0 Å². The molecule has 0 nitrogen and oxygen atoms in total. The molecule has 0 fully saturated rings. The van der Waals surface area contributed by atoms with Gasteiger partial charge in [0.25, 0.3) is 0 Å². The Kier molecular flexibility index (Phi) is 6.36. The maximum absolute atomic E-state index is 2.42. The Balaban J connectivity index is 0.000000882. The molecule has 22 heavy (non-hydrogen) atoms. The predicted octanol–water partition coefficient (Wildman–Crippen LogP) is 4.04. The molecule has 5 heteroatoms. The largest absolute Gasteiger partial charge is 0.147 e. The van der Waals surface area contributed by atoms with E-state index in [9.17, 15) is 0 Å². The van der Waals surface area contributed by atoms with Gasteiger partial charge in [-0.25, -0.2) is 0 Å². The monoisotopic (exact) mass is 445 g/mol. The Bertz CT molecular complexity index is 836. The van der Waals surface area contributed by atoms with Crippen molar-refractivity contribution < 1.29 is 22.8 Å². The predicted molar refractivity (Wildman–Crippen MR) is 103 cm³/mol. The molecule has 0 radical (unpaired) electrons. The smallest absolute Gasteiger partial charge is 0.147 e. The summed E-state index contributed by atoms with van der Waals surface area (Å²) in [5.41, 5.74) is 4.65. The molecule has 1 aromatic heterocycles. The zero-order chi connectivity index (χ0) is 13.7. The number of halogens is 2. The molecule has 1 unspecified atom stereocenters. The van der Waals surface area contributed by atoms with Crippen LogP contribution in [0.1, 0.15) is 20.3 Å². The maximum atomic E-state index is 2.42. The van der Waals surface area contributed by atoms with Crippen LogP contribution in [0.25, 0.3) is 8.85 Å². The van der Waals surface area contributed by atoms with Crippen molar-refractivity contribution in [1.29, 1.82) is 0 Å². The van der Waals surface area contributed by atoms with Gasteiger partial charge in [-0.15, -0.1) is 24.8 Å². The van der Waals surface area contributed by atoms with Crippen molar-refractivity contribution in [2.75, 3.05) is 0 Å². The van der Waals surface area contributed by atoms with Crippen molar-refractivity contribution >= 4 is 60.0 Å². The zero-order valence-electron chi connectivity index (χ0n) is 12.4. The minimum Gasteiger partial charge on any atom is -0.147 e. The van der Waals surface area contributed by atoms with Gasteiger partial charge in [-0.2, -0.15) is 0 Å². The molecule has 2 aliphatic carbocycles. The van der Waals surface area contributed by atoms with Crippen molar-refractivity contribution in [3.8, 4) is 0 Å². The average molecular weight is 448 g/mol. The first-order valence-corrected chi connectivity index (χ1v) is 11.1. The molecular formula is C17H17Cl2S2Zr. The summed E-state index contributed by atoms with van der Waals surface area (Å²) in [6, 6.07) is 2.35. The Morgan fingerprint density at radius 3 is 2.77 bits per heavy atom. The van der Waals surface area contributed by atoms with Gasteiger partial charge in [0.1, 0.15) is 0 Å². The van der Waals surface area contributed by atoms with Crippen molar-refractivity contribution in [3.05, 3.63) is 56.0 Å². The molecule has 0 amide bonds. The number of thiophene rings is 1. The topological polar surface area (TPSA) is 0 Å². The van der Waals surface area contributed by atoms with Crippen molar-refractivity contribution in [3.63, 3.8) is 0 Å². The molecular weight excluding hydrogens is 430 g/mol. The Morgan fingerprint density at radius 2 is 2.09 bits per heavy atom. The summed E-state index contributed by atoms with van der Waals surface area (Å²) in [5, 5.41) is 6.89. The average Bonchev–Trinajstić information content (AvgIpc) is 3.13. The summed E-state index contributed by atoms with van der Waals surface area (Å²) in [4.78, 5) is 0. The summed E-state index contributed by atoms with van der Waals surface area (Å²) in [5.74, 6) is 0. The standard InChI is InChI=1S/C14H9S2.C3H6.2ClH.Zr/c1-2-4-9(3-1)11-8-16-13-7-12-10(14(11)13)5-6-15-12;1-3-2;;;/h1-3,5-6,8,13H,4H2;1-2H3;2*1H;. The second-order valence-electron chi connectivity index (χ2n) is 5.49. The molecule has 4 rings (SSSR count). The molecule has 2 heterocycles. The first-order valence-electron chi connectivity index (χ1n) is 6.87. The summed E-state index contributed by atoms with van der Waals surface area (Å²) in [7, 11) is 0. The van der Waals surface area contributed by atoms with Crippen molar-refractivity contribution in [1.82, 2.24) is 0 Å². The molecule has 0 aromatic carbocycles. The van der Waals surface area contributed by atoms with E-state index in [1.807, 2.05) is 11.3 Å². The molecule has 1 atom stereocenters. The van der Waals surface area contributed by atoms with Crippen LogP contribution >= 0.6 is 47.9 Å².